The Labute approximate surface area is 99.3 Å². The van der Waals surface area contributed by atoms with Gasteiger partial charge in [-0.2, -0.15) is 0 Å². The molecule has 92 valence electrons. The van der Waals surface area contributed by atoms with Gasteiger partial charge in [0.15, 0.2) is 0 Å². The highest BCUT2D eigenvalue weighted by atomic mass is 16.5. The van der Waals surface area contributed by atoms with E-state index >= 15 is 0 Å². The molecule has 0 aromatic carbocycles. The van der Waals surface area contributed by atoms with Crippen molar-refractivity contribution in [3.8, 4) is 12.3 Å². The molecule has 1 aliphatic carbocycles. The topological polar surface area (TPSA) is 38.5 Å². The molecule has 0 aromatic heterocycles. The number of nitrogens with two attached hydrogens (primary N) is 1. The van der Waals surface area contributed by atoms with Crippen LogP contribution in [0.3, 0.4) is 0 Å². The fourth-order valence-electron chi connectivity index (χ4n) is 2.17. The Morgan fingerprint density at radius 2 is 2.00 bits per heavy atom. The molecular formula is C13H24N2O. The van der Waals surface area contributed by atoms with Crippen molar-refractivity contribution < 1.29 is 4.74 Å². The van der Waals surface area contributed by atoms with Crippen LogP contribution in [0, 0.1) is 12.3 Å². The number of hydrogen-bond donors (Lipinski definition) is 1. The number of terminal acetylenes is 1. The fraction of sp³-hybridized carbons (Fsp3) is 0.846. The van der Waals surface area contributed by atoms with Crippen molar-refractivity contribution in [2.24, 2.45) is 5.73 Å². The highest BCUT2D eigenvalue weighted by molar-refractivity contribution is 4.83. The molecule has 0 unspecified atom stereocenters. The van der Waals surface area contributed by atoms with E-state index in [1.54, 1.807) is 0 Å². The molecule has 0 radical (unpaired) electrons. The monoisotopic (exact) mass is 224 g/mol. The number of hydrogen-bond acceptors (Lipinski definition) is 3. The molecule has 0 aromatic rings. The maximum Gasteiger partial charge on any atom is 0.0593 e. The third-order valence-corrected chi connectivity index (χ3v) is 3.34. The third kappa shape index (κ3) is 4.98. The Hall–Kier alpha value is -0.560. The van der Waals surface area contributed by atoms with Crippen molar-refractivity contribution in [2.45, 2.75) is 44.2 Å². The molecule has 3 nitrogen and oxygen atoms in total. The van der Waals surface area contributed by atoms with Gasteiger partial charge in [0.1, 0.15) is 0 Å². The van der Waals surface area contributed by atoms with E-state index in [2.05, 4.69) is 17.9 Å². The van der Waals surface area contributed by atoms with Gasteiger partial charge in [-0.05, 0) is 32.7 Å². The lowest BCUT2D eigenvalue weighted by Gasteiger charge is -2.33. The Morgan fingerprint density at radius 3 is 2.62 bits per heavy atom. The van der Waals surface area contributed by atoms with Crippen LogP contribution in [-0.4, -0.2) is 43.8 Å². The summed E-state index contributed by atoms with van der Waals surface area (Å²) >= 11 is 0. The Balaban J connectivity index is 2.06. The van der Waals surface area contributed by atoms with Gasteiger partial charge in [-0.1, -0.05) is 0 Å². The van der Waals surface area contributed by atoms with Gasteiger partial charge in [0.2, 0.25) is 0 Å². The van der Waals surface area contributed by atoms with Crippen LogP contribution in [0.25, 0.3) is 0 Å². The average Bonchev–Trinajstić information content (AvgIpc) is 2.29. The van der Waals surface area contributed by atoms with E-state index in [1.165, 1.54) is 12.8 Å². The van der Waals surface area contributed by atoms with Crippen molar-refractivity contribution in [1.82, 2.24) is 4.90 Å². The summed E-state index contributed by atoms with van der Waals surface area (Å²) in [6.45, 7) is 2.45. The van der Waals surface area contributed by atoms with Gasteiger partial charge < -0.3 is 15.4 Å². The molecule has 1 aliphatic rings. The summed E-state index contributed by atoms with van der Waals surface area (Å²) in [4.78, 5) is 2.39. The minimum atomic E-state index is 0.427. The highest BCUT2D eigenvalue weighted by Crippen LogP contribution is 2.20. The van der Waals surface area contributed by atoms with Crippen LogP contribution in [-0.2, 0) is 4.74 Å². The molecule has 0 amide bonds. The average molecular weight is 224 g/mol. The number of rotatable bonds is 6. The van der Waals surface area contributed by atoms with Crippen molar-refractivity contribution in [3.63, 3.8) is 0 Å². The first-order valence-electron chi connectivity index (χ1n) is 6.21. The molecule has 1 saturated carbocycles. The van der Waals surface area contributed by atoms with Gasteiger partial charge in [-0.15, -0.1) is 12.3 Å². The lowest BCUT2D eigenvalue weighted by atomic mass is 9.91. The maximum absolute atomic E-state index is 5.89. The summed E-state index contributed by atoms with van der Waals surface area (Å²) < 4.78 is 5.45. The molecule has 0 aliphatic heterocycles. The zero-order valence-electron chi connectivity index (χ0n) is 10.3. The van der Waals surface area contributed by atoms with E-state index in [1.807, 2.05) is 0 Å². The van der Waals surface area contributed by atoms with Gasteiger partial charge in [0, 0.05) is 25.0 Å². The summed E-state index contributed by atoms with van der Waals surface area (Å²) in [6, 6.07) is 1.12. The van der Waals surface area contributed by atoms with E-state index in [9.17, 15) is 0 Å². The zero-order valence-corrected chi connectivity index (χ0v) is 10.3. The predicted octanol–water partition coefficient (Wildman–Crippen LogP) is 1.23. The van der Waals surface area contributed by atoms with Gasteiger partial charge in [-0.25, -0.2) is 0 Å². The zero-order chi connectivity index (χ0) is 11.8. The second-order valence-corrected chi connectivity index (χ2v) is 4.62. The third-order valence-electron chi connectivity index (χ3n) is 3.34. The Morgan fingerprint density at radius 1 is 1.31 bits per heavy atom. The van der Waals surface area contributed by atoms with Crippen LogP contribution >= 0.6 is 0 Å². The molecule has 0 saturated heterocycles. The van der Waals surface area contributed by atoms with E-state index < -0.39 is 0 Å². The highest BCUT2D eigenvalue weighted by Gasteiger charge is 2.21. The van der Waals surface area contributed by atoms with E-state index in [0.29, 0.717) is 25.1 Å². The summed E-state index contributed by atoms with van der Waals surface area (Å²) in [7, 11) is 2.17. The van der Waals surface area contributed by atoms with Crippen molar-refractivity contribution in [1.29, 1.82) is 0 Å². The Bertz CT molecular complexity index is 216. The van der Waals surface area contributed by atoms with E-state index in [0.717, 1.165) is 26.0 Å². The molecule has 3 heteroatoms. The van der Waals surface area contributed by atoms with Crippen LogP contribution in [0.15, 0.2) is 0 Å². The van der Waals surface area contributed by atoms with Gasteiger partial charge in [-0.3, -0.25) is 0 Å². The molecular weight excluding hydrogens is 200 g/mol. The molecule has 0 atom stereocenters. The summed E-state index contributed by atoms with van der Waals surface area (Å²) in [5.74, 6) is 2.57. The van der Waals surface area contributed by atoms with Crippen molar-refractivity contribution >= 4 is 0 Å². The van der Waals surface area contributed by atoms with E-state index in [4.69, 9.17) is 16.9 Å². The smallest absolute Gasteiger partial charge is 0.0593 e. The van der Waals surface area contributed by atoms with Crippen molar-refractivity contribution in [3.05, 3.63) is 0 Å². The van der Waals surface area contributed by atoms with Gasteiger partial charge >= 0.3 is 0 Å². The lowest BCUT2D eigenvalue weighted by Crippen LogP contribution is -2.40. The number of nitrogens with zero attached hydrogens (tertiary/aromatic N) is 1. The minimum absolute atomic E-state index is 0.427. The van der Waals surface area contributed by atoms with Crippen LogP contribution in [0.2, 0.25) is 0 Å². The second-order valence-electron chi connectivity index (χ2n) is 4.62. The quantitative estimate of drug-likeness (QED) is 0.545. The van der Waals surface area contributed by atoms with Gasteiger partial charge in [0.25, 0.3) is 0 Å². The molecule has 16 heavy (non-hydrogen) atoms. The normalized spacial score (nSPS) is 25.6. The standard InChI is InChI=1S/C13H24N2O/c1-3-4-10-16-11-9-15(2)13-7-5-12(14)6-8-13/h1,12-13H,4-11,14H2,2H3. The Kier molecular flexibility index (Phi) is 6.47. The molecule has 2 N–H and O–H groups in total. The van der Waals surface area contributed by atoms with Crippen LogP contribution < -0.4 is 5.73 Å². The first-order chi connectivity index (χ1) is 7.74. The lowest BCUT2D eigenvalue weighted by molar-refractivity contribution is 0.0916. The first-order valence-corrected chi connectivity index (χ1v) is 6.21. The SMILES string of the molecule is C#CCCOCCN(C)C1CCC(N)CC1. The largest absolute Gasteiger partial charge is 0.379 e. The molecule has 1 rings (SSSR count). The van der Waals surface area contributed by atoms with Crippen LogP contribution in [0.5, 0.6) is 0 Å². The predicted molar refractivity (Wildman–Crippen MR) is 67.1 cm³/mol. The summed E-state index contributed by atoms with van der Waals surface area (Å²) in [6.07, 6.45) is 10.6. The van der Waals surface area contributed by atoms with Gasteiger partial charge in [0.05, 0.1) is 13.2 Å². The molecule has 0 spiro atoms. The molecule has 1 fully saturated rings. The van der Waals surface area contributed by atoms with E-state index in [-0.39, 0.29) is 0 Å². The minimum Gasteiger partial charge on any atom is -0.379 e. The number of ether oxygens (including phenoxy) is 1. The summed E-state index contributed by atoms with van der Waals surface area (Å²) in [5, 5.41) is 0. The molecule has 0 heterocycles. The maximum atomic E-state index is 5.89. The van der Waals surface area contributed by atoms with Crippen LogP contribution in [0.1, 0.15) is 32.1 Å². The second kappa shape index (κ2) is 7.67. The first kappa shape index (κ1) is 13.5. The number of likely N-dealkylation sites (N-methyl/N-ethyl adjacent to an activating group) is 1. The van der Waals surface area contributed by atoms with Crippen molar-refractivity contribution in [2.75, 3.05) is 26.8 Å². The molecule has 0 bridgehead atoms. The summed E-state index contributed by atoms with van der Waals surface area (Å²) in [5.41, 5.74) is 5.89. The van der Waals surface area contributed by atoms with Crippen LogP contribution in [0.4, 0.5) is 0 Å². The fourth-order valence-corrected chi connectivity index (χ4v) is 2.17.